The average molecular weight is 488 g/mol. The molecule has 0 spiro atoms. The number of nitriles is 1. The highest BCUT2D eigenvalue weighted by Gasteiger charge is 2.44. The number of anilines is 1. The van der Waals surface area contributed by atoms with Crippen LogP contribution in [0, 0.1) is 17.2 Å². The van der Waals surface area contributed by atoms with Crippen molar-refractivity contribution in [2.75, 3.05) is 18.4 Å². The second-order valence-corrected chi connectivity index (χ2v) is 10.8. The molecule has 1 saturated carbocycles. The van der Waals surface area contributed by atoms with E-state index in [4.69, 9.17) is 0 Å². The highest BCUT2D eigenvalue weighted by Crippen LogP contribution is 2.47. The fourth-order valence-corrected chi connectivity index (χ4v) is 5.63. The fourth-order valence-electron chi connectivity index (χ4n) is 3.84. The Morgan fingerprint density at radius 3 is 2.40 bits per heavy atom. The van der Waals surface area contributed by atoms with Crippen LogP contribution in [0.2, 0.25) is 0 Å². The number of sulfonamides is 1. The zero-order chi connectivity index (χ0) is 21.4. The maximum Gasteiger partial charge on any atom is 0.243 e. The predicted molar refractivity (Wildman–Crippen MR) is 117 cm³/mol. The van der Waals surface area contributed by atoms with Crippen molar-refractivity contribution in [3.05, 3.63) is 58.6 Å². The molecule has 1 heterocycles. The molecule has 1 N–H and O–H groups in total. The third-order valence-electron chi connectivity index (χ3n) is 5.88. The molecule has 2 aromatic rings. The van der Waals surface area contributed by atoms with E-state index in [-0.39, 0.29) is 22.8 Å². The molecule has 0 radical (unpaired) electrons. The molecule has 30 heavy (non-hydrogen) atoms. The summed E-state index contributed by atoms with van der Waals surface area (Å²) in [5.41, 5.74) is 1.28. The monoisotopic (exact) mass is 487 g/mol. The molecule has 2 aliphatic rings. The molecule has 0 aromatic heterocycles. The van der Waals surface area contributed by atoms with Gasteiger partial charge in [0.25, 0.3) is 0 Å². The van der Waals surface area contributed by atoms with Crippen LogP contribution in [-0.4, -0.2) is 31.7 Å². The van der Waals surface area contributed by atoms with Gasteiger partial charge in [0.15, 0.2) is 0 Å². The van der Waals surface area contributed by atoms with E-state index in [2.05, 4.69) is 27.3 Å². The molecular formula is C22H22BrN3O3S. The number of nitrogens with zero attached hydrogens (tertiary/aromatic N) is 2. The number of carbonyl (C=O) groups excluding carboxylic acids is 1. The number of hydrogen-bond acceptors (Lipinski definition) is 4. The quantitative estimate of drug-likeness (QED) is 0.688. The fraction of sp³-hybridized carbons (Fsp3) is 0.364. The molecule has 156 valence electrons. The first-order chi connectivity index (χ1) is 14.3. The van der Waals surface area contributed by atoms with Crippen LogP contribution in [-0.2, 0) is 20.2 Å². The Bertz CT molecular complexity index is 1090. The summed E-state index contributed by atoms with van der Waals surface area (Å²) in [7, 11) is -3.63. The van der Waals surface area contributed by atoms with Crippen LogP contribution in [0.1, 0.15) is 31.2 Å². The number of halogens is 1. The van der Waals surface area contributed by atoms with Crippen LogP contribution in [0.3, 0.4) is 0 Å². The van der Waals surface area contributed by atoms with Gasteiger partial charge in [-0.1, -0.05) is 28.1 Å². The van der Waals surface area contributed by atoms with Crippen molar-refractivity contribution in [1.29, 1.82) is 5.26 Å². The van der Waals surface area contributed by atoms with Crippen LogP contribution in [0.5, 0.6) is 0 Å². The number of piperidine rings is 1. The molecule has 8 heteroatoms. The Morgan fingerprint density at radius 1 is 1.13 bits per heavy atom. The van der Waals surface area contributed by atoms with Gasteiger partial charge in [0.2, 0.25) is 15.9 Å². The van der Waals surface area contributed by atoms with Gasteiger partial charge in [-0.05, 0) is 67.6 Å². The van der Waals surface area contributed by atoms with E-state index in [1.165, 1.54) is 4.31 Å². The molecule has 1 aliphatic heterocycles. The van der Waals surface area contributed by atoms with E-state index in [9.17, 15) is 18.5 Å². The Hall–Kier alpha value is -2.21. The minimum absolute atomic E-state index is 0.167. The summed E-state index contributed by atoms with van der Waals surface area (Å²) >= 11 is 3.31. The summed E-state index contributed by atoms with van der Waals surface area (Å²) in [6.45, 7) is 0.576. The van der Waals surface area contributed by atoms with Gasteiger partial charge in [-0.2, -0.15) is 9.57 Å². The van der Waals surface area contributed by atoms with Crippen molar-refractivity contribution in [2.24, 2.45) is 5.92 Å². The molecule has 0 unspecified atom stereocenters. The zero-order valence-corrected chi connectivity index (χ0v) is 18.7. The topological polar surface area (TPSA) is 90.3 Å². The SMILES string of the molecule is N#CC1(c2ccc(NC(=O)[C@H]3CCCN(S(=O)(=O)c4ccc(Br)cc4)C3)cc2)CC1. The van der Waals surface area contributed by atoms with Crippen molar-refractivity contribution in [3.8, 4) is 6.07 Å². The van der Waals surface area contributed by atoms with Crippen LogP contribution in [0.15, 0.2) is 57.9 Å². The largest absolute Gasteiger partial charge is 0.326 e. The Kier molecular flexibility index (Phi) is 5.71. The van der Waals surface area contributed by atoms with Crippen LogP contribution in [0.25, 0.3) is 0 Å². The summed E-state index contributed by atoms with van der Waals surface area (Å²) < 4.78 is 28.1. The number of amides is 1. The van der Waals surface area contributed by atoms with Crippen molar-refractivity contribution >= 4 is 37.5 Å². The molecular weight excluding hydrogens is 466 g/mol. The van der Waals surface area contributed by atoms with Crippen molar-refractivity contribution in [1.82, 2.24) is 4.31 Å². The standard InChI is InChI=1S/C22H22BrN3O3S/c23-18-5-9-20(10-6-18)30(28,29)26-13-1-2-16(14-26)21(27)25-19-7-3-17(4-8-19)22(15-24)11-12-22/h3-10,16H,1-2,11-14H2,(H,25,27)/t16-/m0/s1. The summed E-state index contributed by atoms with van der Waals surface area (Å²) in [4.78, 5) is 13.0. The maximum atomic E-state index is 12.9. The number of benzene rings is 2. The number of hydrogen-bond donors (Lipinski definition) is 1. The normalized spacial score (nSPS) is 20.9. The molecule has 4 rings (SSSR count). The zero-order valence-electron chi connectivity index (χ0n) is 16.3. The molecule has 1 aliphatic carbocycles. The van der Waals surface area contributed by atoms with Crippen LogP contribution >= 0.6 is 15.9 Å². The van der Waals surface area contributed by atoms with Gasteiger partial charge < -0.3 is 5.32 Å². The van der Waals surface area contributed by atoms with Crippen LogP contribution < -0.4 is 5.32 Å². The van der Waals surface area contributed by atoms with Gasteiger partial charge in [-0.15, -0.1) is 0 Å². The molecule has 2 fully saturated rings. The third-order valence-corrected chi connectivity index (χ3v) is 8.28. The van der Waals surface area contributed by atoms with E-state index in [0.717, 1.165) is 22.9 Å². The van der Waals surface area contributed by atoms with Gasteiger partial charge in [0.05, 0.1) is 22.3 Å². The van der Waals surface area contributed by atoms with Gasteiger partial charge in [0.1, 0.15) is 0 Å². The van der Waals surface area contributed by atoms with Crippen molar-refractivity contribution in [3.63, 3.8) is 0 Å². The van der Waals surface area contributed by atoms with Gasteiger partial charge in [-0.25, -0.2) is 8.42 Å². The minimum atomic E-state index is -3.63. The molecule has 1 saturated heterocycles. The van der Waals surface area contributed by atoms with E-state index in [1.807, 2.05) is 24.3 Å². The molecule has 1 atom stereocenters. The third kappa shape index (κ3) is 4.15. The van der Waals surface area contributed by atoms with E-state index >= 15 is 0 Å². The van der Waals surface area contributed by atoms with Gasteiger partial charge in [-0.3, -0.25) is 4.79 Å². The lowest BCUT2D eigenvalue weighted by atomic mass is 9.97. The Balaban J connectivity index is 1.42. The first kappa shape index (κ1) is 21.0. The minimum Gasteiger partial charge on any atom is -0.326 e. The summed E-state index contributed by atoms with van der Waals surface area (Å²) in [6, 6.07) is 16.3. The Labute approximate surface area is 185 Å². The van der Waals surface area contributed by atoms with E-state index in [0.29, 0.717) is 25.1 Å². The number of carbonyl (C=O) groups is 1. The second-order valence-electron chi connectivity index (χ2n) is 7.92. The summed E-state index contributed by atoms with van der Waals surface area (Å²) in [6.07, 6.45) is 3.03. The van der Waals surface area contributed by atoms with Gasteiger partial charge >= 0.3 is 0 Å². The van der Waals surface area contributed by atoms with Crippen molar-refractivity contribution < 1.29 is 13.2 Å². The molecule has 2 aromatic carbocycles. The lowest BCUT2D eigenvalue weighted by Crippen LogP contribution is -2.43. The second kappa shape index (κ2) is 8.14. The highest BCUT2D eigenvalue weighted by molar-refractivity contribution is 9.10. The van der Waals surface area contributed by atoms with Crippen molar-refractivity contribution in [2.45, 2.75) is 36.0 Å². The molecule has 6 nitrogen and oxygen atoms in total. The lowest BCUT2D eigenvalue weighted by Gasteiger charge is -2.31. The average Bonchev–Trinajstić information content (AvgIpc) is 3.56. The lowest BCUT2D eigenvalue weighted by molar-refractivity contribution is -0.120. The predicted octanol–water partition coefficient (Wildman–Crippen LogP) is 4.04. The summed E-state index contributed by atoms with van der Waals surface area (Å²) in [5.74, 6) is -0.586. The van der Waals surface area contributed by atoms with Gasteiger partial charge in [0, 0.05) is 23.2 Å². The number of rotatable bonds is 5. The maximum absolute atomic E-state index is 12.9. The molecule has 0 bridgehead atoms. The first-order valence-electron chi connectivity index (χ1n) is 9.92. The highest BCUT2D eigenvalue weighted by atomic mass is 79.9. The first-order valence-corrected chi connectivity index (χ1v) is 12.2. The van der Waals surface area contributed by atoms with E-state index in [1.54, 1.807) is 24.3 Å². The smallest absolute Gasteiger partial charge is 0.243 e. The molecule has 1 amide bonds. The van der Waals surface area contributed by atoms with E-state index < -0.39 is 15.9 Å². The summed E-state index contributed by atoms with van der Waals surface area (Å²) in [5, 5.41) is 12.2. The Morgan fingerprint density at radius 2 is 1.80 bits per heavy atom. The number of nitrogens with one attached hydrogen (secondary N) is 1. The van der Waals surface area contributed by atoms with Crippen LogP contribution in [0.4, 0.5) is 5.69 Å².